The van der Waals surface area contributed by atoms with Gasteiger partial charge >= 0.3 is 0 Å². The molecule has 0 radical (unpaired) electrons. The number of benzene rings is 1. The minimum absolute atomic E-state index is 0.103. The fourth-order valence-electron chi connectivity index (χ4n) is 2.96. The molecule has 0 aliphatic carbocycles. The van der Waals surface area contributed by atoms with Crippen LogP contribution in [0.5, 0.6) is 5.75 Å². The van der Waals surface area contributed by atoms with Crippen molar-refractivity contribution in [1.29, 1.82) is 0 Å². The molecule has 0 spiro atoms. The van der Waals surface area contributed by atoms with E-state index < -0.39 is 0 Å². The highest BCUT2D eigenvalue weighted by atomic mass is 16.5. The number of hydrogen-bond donors (Lipinski definition) is 0. The van der Waals surface area contributed by atoms with Gasteiger partial charge in [-0.2, -0.15) is 0 Å². The van der Waals surface area contributed by atoms with Gasteiger partial charge in [-0.05, 0) is 62.5 Å². The highest BCUT2D eigenvalue weighted by molar-refractivity contribution is 5.94. The first kappa shape index (κ1) is 18.8. The maximum atomic E-state index is 12.6. The van der Waals surface area contributed by atoms with Gasteiger partial charge in [-0.1, -0.05) is 20.8 Å². The number of aryl methyl sites for hydroxylation is 1. The van der Waals surface area contributed by atoms with E-state index in [1.807, 2.05) is 30.1 Å². The van der Waals surface area contributed by atoms with Crippen LogP contribution in [0.1, 0.15) is 49.5 Å². The molecule has 0 N–H and O–H groups in total. The molecule has 1 aromatic carbocycles. The van der Waals surface area contributed by atoms with Gasteiger partial charge in [0.1, 0.15) is 11.9 Å². The fraction of sp³-hybridized carbons (Fsp3) is 0.650. The van der Waals surface area contributed by atoms with E-state index in [0.717, 1.165) is 55.8 Å². The quantitative estimate of drug-likeness (QED) is 0.767. The highest BCUT2D eigenvalue weighted by Gasteiger charge is 2.22. The minimum Gasteiger partial charge on any atom is -0.489 e. The average Bonchev–Trinajstić information content (AvgIpc) is 2.58. The van der Waals surface area contributed by atoms with Crippen LogP contribution in [0.3, 0.4) is 0 Å². The SMILES string of the molecule is CCN(C)CC1CCc2cc(C(=O)N(C)CCC(C)C)ccc2O1. The zero-order chi connectivity index (χ0) is 17.7. The Morgan fingerprint density at radius 3 is 2.75 bits per heavy atom. The number of nitrogens with zero attached hydrogens (tertiary/aromatic N) is 2. The summed E-state index contributed by atoms with van der Waals surface area (Å²) in [6.07, 6.45) is 3.27. The van der Waals surface area contributed by atoms with Gasteiger partial charge in [0.15, 0.2) is 0 Å². The molecule has 4 heteroatoms. The third kappa shape index (κ3) is 4.97. The summed E-state index contributed by atoms with van der Waals surface area (Å²) in [5.41, 5.74) is 1.93. The zero-order valence-corrected chi connectivity index (χ0v) is 15.8. The Balaban J connectivity index is 2.01. The van der Waals surface area contributed by atoms with E-state index in [9.17, 15) is 4.79 Å². The van der Waals surface area contributed by atoms with E-state index in [4.69, 9.17) is 4.74 Å². The van der Waals surface area contributed by atoms with Crippen molar-refractivity contribution in [2.75, 3.05) is 33.7 Å². The first-order valence-corrected chi connectivity index (χ1v) is 9.14. The maximum Gasteiger partial charge on any atom is 0.253 e. The normalized spacial score (nSPS) is 16.9. The molecule has 1 heterocycles. The number of likely N-dealkylation sites (N-methyl/N-ethyl adjacent to an activating group) is 1. The lowest BCUT2D eigenvalue weighted by molar-refractivity contribution is 0.0788. The topological polar surface area (TPSA) is 32.8 Å². The van der Waals surface area contributed by atoms with E-state index in [1.165, 1.54) is 0 Å². The fourth-order valence-corrected chi connectivity index (χ4v) is 2.96. The molecule has 1 aliphatic rings. The summed E-state index contributed by atoms with van der Waals surface area (Å²) in [5.74, 6) is 1.65. The number of carbonyl (C=O) groups excluding carboxylic acids is 1. The monoisotopic (exact) mass is 332 g/mol. The number of rotatable bonds is 7. The Morgan fingerprint density at radius 1 is 1.33 bits per heavy atom. The smallest absolute Gasteiger partial charge is 0.253 e. The zero-order valence-electron chi connectivity index (χ0n) is 15.8. The summed E-state index contributed by atoms with van der Waals surface area (Å²) in [5, 5.41) is 0. The number of carbonyl (C=O) groups is 1. The molecule has 0 fully saturated rings. The standard InChI is InChI=1S/C20H32N2O2/c1-6-21(4)14-18-9-7-16-13-17(8-10-19(16)24-18)20(23)22(5)12-11-15(2)3/h8,10,13,15,18H,6-7,9,11-12,14H2,1-5H3. The second-order valence-corrected chi connectivity index (χ2v) is 7.37. The lowest BCUT2D eigenvalue weighted by atomic mass is 9.99. The van der Waals surface area contributed by atoms with Crippen molar-refractivity contribution in [3.05, 3.63) is 29.3 Å². The predicted octanol–water partition coefficient (Wildman–Crippen LogP) is 3.45. The summed E-state index contributed by atoms with van der Waals surface area (Å²) >= 11 is 0. The molecule has 24 heavy (non-hydrogen) atoms. The van der Waals surface area contributed by atoms with Crippen molar-refractivity contribution >= 4 is 5.91 Å². The van der Waals surface area contributed by atoms with Crippen LogP contribution in [-0.4, -0.2) is 55.5 Å². The maximum absolute atomic E-state index is 12.6. The first-order valence-electron chi connectivity index (χ1n) is 9.14. The molecule has 1 aromatic rings. The Morgan fingerprint density at radius 2 is 2.08 bits per heavy atom. The van der Waals surface area contributed by atoms with Crippen LogP contribution in [-0.2, 0) is 6.42 Å². The molecule has 0 saturated heterocycles. The van der Waals surface area contributed by atoms with Crippen LogP contribution in [0.25, 0.3) is 0 Å². The Labute approximate surface area is 146 Å². The van der Waals surface area contributed by atoms with Gasteiger partial charge in [-0.3, -0.25) is 4.79 Å². The molecular formula is C20H32N2O2. The minimum atomic E-state index is 0.103. The van der Waals surface area contributed by atoms with Gasteiger partial charge in [0.2, 0.25) is 0 Å². The van der Waals surface area contributed by atoms with E-state index in [0.29, 0.717) is 5.92 Å². The molecule has 0 saturated carbocycles. The molecule has 1 atom stereocenters. The molecule has 0 bridgehead atoms. The third-order valence-electron chi connectivity index (χ3n) is 4.78. The Bertz CT molecular complexity index is 557. The molecule has 2 rings (SSSR count). The summed E-state index contributed by atoms with van der Waals surface area (Å²) in [7, 11) is 4.00. The lowest BCUT2D eigenvalue weighted by Crippen LogP contribution is -2.35. The van der Waals surface area contributed by atoms with Crippen LogP contribution in [0.2, 0.25) is 0 Å². The van der Waals surface area contributed by atoms with Crippen LogP contribution in [0.4, 0.5) is 0 Å². The van der Waals surface area contributed by atoms with Crippen LogP contribution in [0, 0.1) is 5.92 Å². The number of amides is 1. The lowest BCUT2D eigenvalue weighted by Gasteiger charge is -2.29. The molecule has 4 nitrogen and oxygen atoms in total. The first-order chi connectivity index (χ1) is 11.4. The van der Waals surface area contributed by atoms with Crippen LogP contribution >= 0.6 is 0 Å². The molecule has 1 unspecified atom stereocenters. The highest BCUT2D eigenvalue weighted by Crippen LogP contribution is 2.29. The van der Waals surface area contributed by atoms with Crippen LogP contribution < -0.4 is 4.74 Å². The van der Waals surface area contributed by atoms with Crippen molar-refractivity contribution in [2.24, 2.45) is 5.92 Å². The van der Waals surface area contributed by atoms with E-state index >= 15 is 0 Å². The van der Waals surface area contributed by atoms with Crippen molar-refractivity contribution < 1.29 is 9.53 Å². The van der Waals surface area contributed by atoms with E-state index in [-0.39, 0.29) is 12.0 Å². The second kappa shape index (κ2) is 8.52. The number of hydrogen-bond acceptors (Lipinski definition) is 3. The van der Waals surface area contributed by atoms with Crippen LogP contribution in [0.15, 0.2) is 18.2 Å². The second-order valence-electron chi connectivity index (χ2n) is 7.37. The summed E-state index contributed by atoms with van der Waals surface area (Å²) in [4.78, 5) is 16.7. The predicted molar refractivity (Wildman–Crippen MR) is 98.8 cm³/mol. The molecule has 1 aliphatic heterocycles. The van der Waals surface area contributed by atoms with E-state index in [1.54, 1.807) is 0 Å². The van der Waals surface area contributed by atoms with Gasteiger partial charge in [-0.25, -0.2) is 0 Å². The Hall–Kier alpha value is -1.55. The molecular weight excluding hydrogens is 300 g/mol. The number of ether oxygens (including phenoxy) is 1. The van der Waals surface area contributed by atoms with Crippen molar-refractivity contribution in [1.82, 2.24) is 9.80 Å². The van der Waals surface area contributed by atoms with E-state index in [2.05, 4.69) is 32.7 Å². The van der Waals surface area contributed by atoms with Gasteiger partial charge in [-0.15, -0.1) is 0 Å². The van der Waals surface area contributed by atoms with Gasteiger partial charge in [0.05, 0.1) is 0 Å². The van der Waals surface area contributed by atoms with Gasteiger partial charge in [0.25, 0.3) is 5.91 Å². The van der Waals surface area contributed by atoms with Gasteiger partial charge in [0, 0.05) is 25.7 Å². The van der Waals surface area contributed by atoms with Gasteiger partial charge < -0.3 is 14.5 Å². The van der Waals surface area contributed by atoms with Crippen molar-refractivity contribution in [3.8, 4) is 5.75 Å². The third-order valence-corrected chi connectivity index (χ3v) is 4.78. The Kier molecular flexibility index (Phi) is 6.67. The summed E-state index contributed by atoms with van der Waals surface area (Å²) in [6, 6.07) is 5.89. The summed E-state index contributed by atoms with van der Waals surface area (Å²) in [6.45, 7) is 9.30. The molecule has 1 amide bonds. The van der Waals surface area contributed by atoms with Crippen molar-refractivity contribution in [2.45, 2.75) is 46.1 Å². The largest absolute Gasteiger partial charge is 0.489 e. The molecule has 134 valence electrons. The summed E-state index contributed by atoms with van der Waals surface area (Å²) < 4.78 is 6.11. The van der Waals surface area contributed by atoms with Crippen molar-refractivity contribution in [3.63, 3.8) is 0 Å². The number of fused-ring (bicyclic) bond motifs is 1. The average molecular weight is 332 g/mol. The molecule has 0 aromatic heterocycles.